The number of rotatable bonds is 6. The zero-order valence-corrected chi connectivity index (χ0v) is 11.2. The average molecular weight is 281 g/mol. The summed E-state index contributed by atoms with van der Waals surface area (Å²) in [4.78, 5) is 31.7. The van der Waals surface area contributed by atoms with E-state index in [1.807, 2.05) is 13.8 Å². The molecule has 20 heavy (non-hydrogen) atoms. The smallest absolute Gasteiger partial charge is 0.277 e. The quantitative estimate of drug-likeness (QED) is 0.634. The van der Waals surface area contributed by atoms with E-state index in [-0.39, 0.29) is 5.56 Å². The lowest BCUT2D eigenvalue weighted by Crippen LogP contribution is -2.25. The van der Waals surface area contributed by atoms with E-state index in [1.54, 1.807) is 0 Å². The minimum atomic E-state index is -0.766. The van der Waals surface area contributed by atoms with Crippen LogP contribution in [0.5, 0.6) is 0 Å². The van der Waals surface area contributed by atoms with Crippen LogP contribution in [0.1, 0.15) is 30.6 Å². The van der Waals surface area contributed by atoms with Crippen molar-refractivity contribution < 1.29 is 14.6 Å². The molecule has 1 aromatic rings. The number of nitrogens with zero attached hydrogens (tertiary/aromatic N) is 2. The zero-order valence-electron chi connectivity index (χ0n) is 11.2. The van der Waals surface area contributed by atoms with Gasteiger partial charge in [0.25, 0.3) is 17.3 Å². The highest BCUT2D eigenvalue weighted by molar-refractivity contribution is 5.95. The van der Waals surface area contributed by atoms with Gasteiger partial charge in [0, 0.05) is 18.7 Å². The van der Waals surface area contributed by atoms with E-state index in [2.05, 4.69) is 5.32 Å². The number of nitrogens with one attached hydrogen (secondary N) is 1. The Kier molecular flexibility index (Phi) is 5.13. The van der Waals surface area contributed by atoms with Crippen molar-refractivity contribution in [3.63, 3.8) is 0 Å². The molecule has 0 spiro atoms. The Bertz CT molecular complexity index is 510. The van der Waals surface area contributed by atoms with Crippen LogP contribution < -0.4 is 5.32 Å². The van der Waals surface area contributed by atoms with Crippen LogP contribution in [0.2, 0.25) is 0 Å². The predicted molar refractivity (Wildman–Crippen MR) is 71.5 cm³/mol. The molecule has 0 heterocycles. The lowest BCUT2D eigenvalue weighted by Gasteiger charge is -2.07. The predicted octanol–water partition coefficient (Wildman–Crippen LogP) is 2.28. The molecule has 0 fully saturated rings. The summed E-state index contributed by atoms with van der Waals surface area (Å²) < 4.78 is 0. The molecule has 0 saturated heterocycles. The van der Waals surface area contributed by atoms with Gasteiger partial charge in [-0.15, -0.1) is 0 Å². The fourth-order valence-electron chi connectivity index (χ4n) is 1.51. The van der Waals surface area contributed by atoms with E-state index >= 15 is 0 Å². The second kappa shape index (κ2) is 6.60. The Balaban J connectivity index is 2.95. The average Bonchev–Trinajstić information content (AvgIpc) is 2.37. The number of hydrogen-bond acceptors (Lipinski definition) is 5. The number of carbonyl (C=O) groups is 1. The van der Waals surface area contributed by atoms with Crippen molar-refractivity contribution in [2.24, 2.45) is 5.92 Å². The Morgan fingerprint density at radius 3 is 2.05 bits per heavy atom. The fourth-order valence-corrected chi connectivity index (χ4v) is 1.51. The number of non-ortho nitro benzene ring substituents is 2. The molecule has 1 aromatic carbocycles. The van der Waals surface area contributed by atoms with Gasteiger partial charge in [-0.2, -0.15) is 0 Å². The van der Waals surface area contributed by atoms with Crippen LogP contribution in [0.4, 0.5) is 11.4 Å². The first-order valence-electron chi connectivity index (χ1n) is 6.03. The van der Waals surface area contributed by atoms with E-state index in [1.165, 1.54) is 0 Å². The molecular weight excluding hydrogens is 266 g/mol. The number of carbonyl (C=O) groups excluding carboxylic acids is 1. The maximum Gasteiger partial charge on any atom is 0.277 e. The molecule has 0 bridgehead atoms. The van der Waals surface area contributed by atoms with E-state index in [9.17, 15) is 25.0 Å². The molecule has 8 nitrogen and oxygen atoms in total. The van der Waals surface area contributed by atoms with Crippen LogP contribution in [0.25, 0.3) is 0 Å². The third-order valence-electron chi connectivity index (χ3n) is 2.59. The van der Waals surface area contributed by atoms with Crippen molar-refractivity contribution in [1.82, 2.24) is 5.32 Å². The summed E-state index contributed by atoms with van der Waals surface area (Å²) in [6.07, 6.45) is 0.753. The molecule has 108 valence electrons. The summed E-state index contributed by atoms with van der Waals surface area (Å²) in [6, 6.07) is 2.88. The molecule has 8 heteroatoms. The topological polar surface area (TPSA) is 115 Å². The highest BCUT2D eigenvalue weighted by Gasteiger charge is 2.19. The Hall–Kier alpha value is -2.51. The molecule has 0 aliphatic carbocycles. The standard InChI is InChI=1S/C12H15N3O5/c1-8(2)3-4-13-12(16)9-5-10(14(17)18)7-11(6-9)15(19)20/h5-8H,3-4H2,1-2H3,(H,13,16). The molecule has 1 rings (SSSR count). The molecule has 0 aromatic heterocycles. The van der Waals surface area contributed by atoms with Crippen LogP contribution in [0.3, 0.4) is 0 Å². The van der Waals surface area contributed by atoms with Gasteiger partial charge in [0.1, 0.15) is 0 Å². The molecule has 1 N–H and O–H groups in total. The van der Waals surface area contributed by atoms with Crippen LogP contribution in [-0.2, 0) is 0 Å². The van der Waals surface area contributed by atoms with Crippen molar-refractivity contribution in [2.75, 3.05) is 6.54 Å². The van der Waals surface area contributed by atoms with Crippen molar-refractivity contribution >= 4 is 17.3 Å². The molecule has 1 amide bonds. The first-order chi connectivity index (χ1) is 9.31. The molecule has 0 radical (unpaired) electrons. The number of hydrogen-bond donors (Lipinski definition) is 1. The largest absolute Gasteiger partial charge is 0.352 e. The monoisotopic (exact) mass is 281 g/mol. The Morgan fingerprint density at radius 1 is 1.15 bits per heavy atom. The second-order valence-corrected chi connectivity index (χ2v) is 4.69. The third kappa shape index (κ3) is 4.30. The van der Waals surface area contributed by atoms with Crippen molar-refractivity contribution in [2.45, 2.75) is 20.3 Å². The highest BCUT2D eigenvalue weighted by atomic mass is 16.6. The molecule has 0 aliphatic rings. The van der Waals surface area contributed by atoms with Gasteiger partial charge >= 0.3 is 0 Å². The summed E-state index contributed by atoms with van der Waals surface area (Å²) >= 11 is 0. The van der Waals surface area contributed by atoms with Gasteiger partial charge in [-0.3, -0.25) is 25.0 Å². The lowest BCUT2D eigenvalue weighted by molar-refractivity contribution is -0.394. The highest BCUT2D eigenvalue weighted by Crippen LogP contribution is 2.22. The summed E-state index contributed by atoms with van der Waals surface area (Å²) in [7, 11) is 0. The summed E-state index contributed by atoms with van der Waals surface area (Å²) in [5.41, 5.74) is -1.05. The number of amides is 1. The van der Waals surface area contributed by atoms with Gasteiger partial charge < -0.3 is 5.32 Å². The van der Waals surface area contributed by atoms with Crippen LogP contribution in [0.15, 0.2) is 18.2 Å². The molecular formula is C12H15N3O5. The molecule has 0 atom stereocenters. The van der Waals surface area contributed by atoms with Crippen molar-refractivity contribution in [3.05, 3.63) is 44.0 Å². The lowest BCUT2D eigenvalue weighted by atomic mass is 10.1. The number of benzene rings is 1. The van der Waals surface area contributed by atoms with E-state index in [0.717, 1.165) is 24.6 Å². The van der Waals surface area contributed by atoms with Gasteiger partial charge in [0.2, 0.25) is 0 Å². The summed E-state index contributed by atoms with van der Waals surface area (Å²) in [6.45, 7) is 4.39. The Labute approximate surface area is 115 Å². The SMILES string of the molecule is CC(C)CCNC(=O)c1cc([N+](=O)[O-])cc([N+](=O)[O-])c1. The van der Waals surface area contributed by atoms with Crippen LogP contribution in [-0.4, -0.2) is 22.3 Å². The van der Waals surface area contributed by atoms with Gasteiger partial charge in [0.15, 0.2) is 0 Å². The third-order valence-corrected chi connectivity index (χ3v) is 2.59. The van der Waals surface area contributed by atoms with E-state index in [0.29, 0.717) is 12.5 Å². The molecule has 0 aliphatic heterocycles. The zero-order chi connectivity index (χ0) is 15.3. The fraction of sp³-hybridized carbons (Fsp3) is 0.417. The normalized spacial score (nSPS) is 10.3. The first-order valence-corrected chi connectivity index (χ1v) is 6.03. The maximum absolute atomic E-state index is 11.8. The van der Waals surface area contributed by atoms with Crippen molar-refractivity contribution in [3.8, 4) is 0 Å². The second-order valence-electron chi connectivity index (χ2n) is 4.69. The summed E-state index contributed by atoms with van der Waals surface area (Å²) in [5, 5.41) is 24.0. The van der Waals surface area contributed by atoms with Crippen LogP contribution in [0, 0.1) is 26.1 Å². The Morgan fingerprint density at radius 2 is 1.65 bits per heavy atom. The number of nitro benzene ring substituents is 2. The van der Waals surface area contributed by atoms with Gasteiger partial charge in [-0.25, -0.2) is 0 Å². The van der Waals surface area contributed by atoms with Gasteiger partial charge in [0.05, 0.1) is 21.5 Å². The van der Waals surface area contributed by atoms with E-state index < -0.39 is 27.1 Å². The number of nitro groups is 2. The van der Waals surface area contributed by atoms with Crippen LogP contribution >= 0.6 is 0 Å². The first kappa shape index (κ1) is 15.5. The summed E-state index contributed by atoms with van der Waals surface area (Å²) in [5.74, 6) is -0.160. The minimum absolute atomic E-state index is 0.0883. The van der Waals surface area contributed by atoms with E-state index in [4.69, 9.17) is 0 Å². The van der Waals surface area contributed by atoms with Gasteiger partial charge in [-0.05, 0) is 12.3 Å². The minimum Gasteiger partial charge on any atom is -0.352 e. The van der Waals surface area contributed by atoms with Crippen molar-refractivity contribution in [1.29, 1.82) is 0 Å². The molecule has 0 saturated carbocycles. The van der Waals surface area contributed by atoms with Gasteiger partial charge in [-0.1, -0.05) is 13.8 Å². The molecule has 0 unspecified atom stereocenters. The maximum atomic E-state index is 11.8.